The number of rotatable bonds is 8. The number of hydrogen-bond acceptors (Lipinski definition) is 3. The Hall–Kier alpha value is -2.37. The Morgan fingerprint density at radius 3 is 2.52 bits per heavy atom. The van der Waals surface area contributed by atoms with Gasteiger partial charge >= 0.3 is 0 Å². The van der Waals surface area contributed by atoms with Crippen LogP contribution in [0.5, 0.6) is 5.75 Å². The highest BCUT2D eigenvalue weighted by Gasteiger charge is 2.22. The van der Waals surface area contributed by atoms with Gasteiger partial charge in [-0.1, -0.05) is 48.0 Å². The lowest BCUT2D eigenvalue weighted by atomic mass is 10.1. The molecule has 0 aromatic heterocycles. The van der Waals surface area contributed by atoms with Crippen molar-refractivity contribution in [2.24, 2.45) is 0 Å². The largest absolute Gasteiger partial charge is 0.493 e. The average molecular weight is 369 g/mol. The smallest absolute Gasteiger partial charge is 0.224 e. The Bertz CT molecular complexity index is 697. The lowest BCUT2D eigenvalue weighted by molar-refractivity contribution is -0.909. The van der Waals surface area contributed by atoms with Gasteiger partial charge in [0, 0.05) is 0 Å². The van der Waals surface area contributed by atoms with Crippen molar-refractivity contribution in [2.75, 3.05) is 39.5 Å². The summed E-state index contributed by atoms with van der Waals surface area (Å²) in [5, 5.41) is 3.20. The number of amides is 1. The number of aryl methyl sites for hydroxylation is 1. The van der Waals surface area contributed by atoms with E-state index in [1.165, 1.54) is 10.5 Å². The van der Waals surface area contributed by atoms with Gasteiger partial charge in [-0.05, 0) is 24.6 Å². The molecule has 5 nitrogen and oxygen atoms in total. The summed E-state index contributed by atoms with van der Waals surface area (Å²) in [5.74, 6) is 0.814. The van der Waals surface area contributed by atoms with Crippen LogP contribution < -0.4 is 15.0 Å². The summed E-state index contributed by atoms with van der Waals surface area (Å²) >= 11 is 0. The van der Waals surface area contributed by atoms with Crippen LogP contribution in [0.25, 0.3) is 0 Å². The number of carbonyl (C=O) groups is 1. The minimum absolute atomic E-state index is 0.00572. The zero-order valence-corrected chi connectivity index (χ0v) is 15.9. The predicted molar refractivity (Wildman–Crippen MR) is 105 cm³/mol. The van der Waals surface area contributed by atoms with Crippen LogP contribution in [0.4, 0.5) is 0 Å². The zero-order valence-electron chi connectivity index (χ0n) is 15.9. The fourth-order valence-electron chi connectivity index (χ4n) is 3.25. The van der Waals surface area contributed by atoms with E-state index in [1.807, 2.05) is 49.4 Å². The molecule has 0 radical (unpaired) electrons. The molecular weight excluding hydrogens is 340 g/mol. The van der Waals surface area contributed by atoms with Gasteiger partial charge in [0.25, 0.3) is 0 Å². The van der Waals surface area contributed by atoms with Gasteiger partial charge in [-0.25, -0.2) is 0 Å². The maximum absolute atomic E-state index is 12.5. The summed E-state index contributed by atoms with van der Waals surface area (Å²) in [6.07, 6.45) is 0.343. The van der Waals surface area contributed by atoms with Gasteiger partial charge in [-0.3, -0.25) is 4.79 Å². The van der Waals surface area contributed by atoms with E-state index in [4.69, 9.17) is 9.47 Å². The number of nitrogens with one attached hydrogen (secondary N) is 2. The molecule has 1 aliphatic rings. The minimum atomic E-state index is 0.00572. The summed E-state index contributed by atoms with van der Waals surface area (Å²) in [6.45, 7) is 6.83. The van der Waals surface area contributed by atoms with Crippen LogP contribution in [0.3, 0.4) is 0 Å². The highest BCUT2D eigenvalue weighted by atomic mass is 16.5. The van der Waals surface area contributed by atoms with Crippen LogP contribution in [0.2, 0.25) is 0 Å². The molecule has 1 atom stereocenters. The first-order chi connectivity index (χ1) is 13.2. The molecule has 2 aromatic rings. The van der Waals surface area contributed by atoms with Gasteiger partial charge < -0.3 is 19.7 Å². The molecule has 5 heteroatoms. The molecule has 2 N–H and O–H groups in total. The van der Waals surface area contributed by atoms with Crippen LogP contribution >= 0.6 is 0 Å². The first kappa shape index (κ1) is 19.4. The number of hydrogen-bond donors (Lipinski definition) is 2. The fraction of sp³-hybridized carbons (Fsp3) is 0.409. The molecule has 144 valence electrons. The molecule has 1 saturated heterocycles. The van der Waals surface area contributed by atoms with Gasteiger partial charge in [0.15, 0.2) is 0 Å². The molecule has 1 amide bonds. The second-order valence-corrected chi connectivity index (χ2v) is 7.01. The van der Waals surface area contributed by atoms with Crippen molar-refractivity contribution in [3.8, 4) is 5.75 Å². The highest BCUT2D eigenvalue weighted by Crippen LogP contribution is 2.13. The van der Waals surface area contributed by atoms with E-state index >= 15 is 0 Å². The van der Waals surface area contributed by atoms with E-state index in [9.17, 15) is 4.79 Å². The standard InChI is InChI=1S/C22H28N2O3/c1-18-7-9-20(10-8-18)27-14-11-22(25)23-21(19-5-3-2-4-6-19)17-24-12-15-26-16-13-24/h2-10,21H,11-17H2,1H3,(H,23,25)/p+1/t21-/m0/s1. The lowest BCUT2D eigenvalue weighted by Gasteiger charge is -2.28. The van der Waals surface area contributed by atoms with Crippen LogP contribution in [0, 0.1) is 6.92 Å². The monoisotopic (exact) mass is 369 g/mol. The SMILES string of the molecule is Cc1ccc(OCCC(=O)N[C@@H](C[NH+]2CCOCC2)c2ccccc2)cc1. The molecular formula is C22H29N2O3+. The van der Waals surface area contributed by atoms with E-state index in [2.05, 4.69) is 17.4 Å². The summed E-state index contributed by atoms with van der Waals surface area (Å²) in [7, 11) is 0. The summed E-state index contributed by atoms with van der Waals surface area (Å²) in [4.78, 5) is 14.0. The lowest BCUT2D eigenvalue weighted by Crippen LogP contribution is -3.14. The molecule has 3 rings (SSSR count). The van der Waals surface area contributed by atoms with E-state index in [-0.39, 0.29) is 11.9 Å². The first-order valence-electron chi connectivity index (χ1n) is 9.66. The fourth-order valence-corrected chi connectivity index (χ4v) is 3.25. The summed E-state index contributed by atoms with van der Waals surface area (Å²) in [6, 6.07) is 18.1. The number of quaternary nitrogens is 1. The second-order valence-electron chi connectivity index (χ2n) is 7.01. The molecule has 0 saturated carbocycles. The molecule has 1 heterocycles. The topological polar surface area (TPSA) is 52.0 Å². The third kappa shape index (κ3) is 6.38. The third-order valence-electron chi connectivity index (χ3n) is 4.85. The Balaban J connectivity index is 1.52. The minimum Gasteiger partial charge on any atom is -0.493 e. The quantitative estimate of drug-likeness (QED) is 0.742. The van der Waals surface area contributed by atoms with E-state index in [0.29, 0.717) is 13.0 Å². The van der Waals surface area contributed by atoms with Crippen LogP contribution in [0.1, 0.15) is 23.6 Å². The van der Waals surface area contributed by atoms with Crippen molar-refractivity contribution >= 4 is 5.91 Å². The number of ether oxygens (including phenoxy) is 2. The Morgan fingerprint density at radius 2 is 1.81 bits per heavy atom. The van der Waals surface area contributed by atoms with Gasteiger partial charge in [-0.15, -0.1) is 0 Å². The third-order valence-corrected chi connectivity index (χ3v) is 4.85. The van der Waals surface area contributed by atoms with Crippen molar-refractivity contribution in [1.82, 2.24) is 5.32 Å². The maximum Gasteiger partial charge on any atom is 0.224 e. The number of morpholine rings is 1. The van der Waals surface area contributed by atoms with E-state index in [1.54, 1.807) is 0 Å². The summed E-state index contributed by atoms with van der Waals surface area (Å²) < 4.78 is 11.1. The van der Waals surface area contributed by atoms with Crippen LogP contribution in [0.15, 0.2) is 54.6 Å². The van der Waals surface area contributed by atoms with Crippen molar-refractivity contribution in [3.63, 3.8) is 0 Å². The van der Waals surface area contributed by atoms with Crippen molar-refractivity contribution < 1.29 is 19.2 Å². The van der Waals surface area contributed by atoms with Crippen molar-refractivity contribution in [3.05, 3.63) is 65.7 Å². The number of carbonyl (C=O) groups excluding carboxylic acids is 1. The molecule has 2 aromatic carbocycles. The molecule has 27 heavy (non-hydrogen) atoms. The van der Waals surface area contributed by atoms with Gasteiger partial charge in [-0.2, -0.15) is 0 Å². The van der Waals surface area contributed by atoms with Gasteiger partial charge in [0.05, 0.1) is 26.2 Å². The van der Waals surface area contributed by atoms with E-state index in [0.717, 1.165) is 44.2 Å². The Labute approximate surface area is 161 Å². The molecule has 0 unspecified atom stereocenters. The van der Waals surface area contributed by atoms with Crippen molar-refractivity contribution in [1.29, 1.82) is 0 Å². The number of benzene rings is 2. The van der Waals surface area contributed by atoms with Gasteiger partial charge in [0.2, 0.25) is 5.91 Å². The Morgan fingerprint density at radius 1 is 1.11 bits per heavy atom. The second kappa shape index (κ2) is 10.1. The Kier molecular flexibility index (Phi) is 7.25. The highest BCUT2D eigenvalue weighted by molar-refractivity contribution is 5.76. The van der Waals surface area contributed by atoms with E-state index < -0.39 is 0 Å². The van der Waals surface area contributed by atoms with Crippen LogP contribution in [-0.4, -0.2) is 45.4 Å². The maximum atomic E-state index is 12.5. The summed E-state index contributed by atoms with van der Waals surface area (Å²) in [5.41, 5.74) is 2.33. The zero-order chi connectivity index (χ0) is 18.9. The molecule has 1 fully saturated rings. The molecule has 1 aliphatic heterocycles. The predicted octanol–water partition coefficient (Wildman–Crippen LogP) is 1.54. The molecule has 0 aliphatic carbocycles. The first-order valence-corrected chi connectivity index (χ1v) is 9.66. The van der Waals surface area contributed by atoms with Gasteiger partial charge in [0.1, 0.15) is 31.4 Å². The van der Waals surface area contributed by atoms with Crippen molar-refractivity contribution in [2.45, 2.75) is 19.4 Å². The van der Waals surface area contributed by atoms with Crippen LogP contribution in [-0.2, 0) is 9.53 Å². The molecule has 0 spiro atoms. The average Bonchev–Trinajstić information content (AvgIpc) is 2.70. The molecule has 0 bridgehead atoms. The normalized spacial score (nSPS) is 15.9.